The molecule has 0 aromatic rings. The molecule has 0 rings (SSSR count). The maximum absolute atomic E-state index is 11.2. The summed E-state index contributed by atoms with van der Waals surface area (Å²) in [6.07, 6.45) is 0. The molecule has 1 unspecified atom stereocenters. The van der Waals surface area contributed by atoms with Crippen molar-refractivity contribution in [3.05, 3.63) is 0 Å². The van der Waals surface area contributed by atoms with Crippen LogP contribution in [0.5, 0.6) is 0 Å². The Balaban J connectivity index is 3.63. The second-order valence-electron chi connectivity index (χ2n) is 2.51. The summed E-state index contributed by atoms with van der Waals surface area (Å²) in [7, 11) is 1.57. The molecule has 0 aromatic heterocycles. The standard InChI is InChI=1S/C7H15N3O2S/c1-5(10-7(8)13)6(11)9-3-4-12-2/h5H,3-4H2,1-2H3,(H,9,11)(H3,8,10,13). The van der Waals surface area contributed by atoms with E-state index in [4.69, 9.17) is 10.5 Å². The zero-order valence-corrected chi connectivity index (χ0v) is 8.61. The molecule has 0 fully saturated rings. The second kappa shape index (κ2) is 6.62. The molecular weight excluding hydrogens is 190 g/mol. The van der Waals surface area contributed by atoms with E-state index in [1.807, 2.05) is 0 Å². The van der Waals surface area contributed by atoms with E-state index >= 15 is 0 Å². The number of nitrogens with two attached hydrogens (primary N) is 1. The van der Waals surface area contributed by atoms with Crippen molar-refractivity contribution in [1.29, 1.82) is 0 Å². The van der Waals surface area contributed by atoms with E-state index in [2.05, 4.69) is 22.9 Å². The zero-order chi connectivity index (χ0) is 10.3. The maximum Gasteiger partial charge on any atom is 0.242 e. The van der Waals surface area contributed by atoms with Crippen molar-refractivity contribution >= 4 is 23.2 Å². The van der Waals surface area contributed by atoms with E-state index in [9.17, 15) is 4.79 Å². The minimum absolute atomic E-state index is 0.120. The molecule has 6 heteroatoms. The summed E-state index contributed by atoms with van der Waals surface area (Å²) >= 11 is 4.59. The van der Waals surface area contributed by atoms with Crippen molar-refractivity contribution < 1.29 is 9.53 Å². The molecule has 76 valence electrons. The molecule has 0 spiro atoms. The quantitative estimate of drug-likeness (QED) is 0.395. The third-order valence-electron chi connectivity index (χ3n) is 1.36. The topological polar surface area (TPSA) is 76.4 Å². The van der Waals surface area contributed by atoms with Gasteiger partial charge in [-0.05, 0) is 19.1 Å². The number of hydrogen-bond acceptors (Lipinski definition) is 3. The van der Waals surface area contributed by atoms with Gasteiger partial charge in [0, 0.05) is 13.7 Å². The summed E-state index contributed by atoms with van der Waals surface area (Å²) in [6.45, 7) is 2.66. The van der Waals surface area contributed by atoms with Gasteiger partial charge < -0.3 is 21.1 Å². The van der Waals surface area contributed by atoms with E-state index in [0.717, 1.165) is 0 Å². The average Bonchev–Trinajstić information content (AvgIpc) is 2.03. The molecule has 5 nitrogen and oxygen atoms in total. The van der Waals surface area contributed by atoms with Crippen molar-refractivity contribution in [2.24, 2.45) is 5.73 Å². The average molecular weight is 205 g/mol. The van der Waals surface area contributed by atoms with Gasteiger partial charge >= 0.3 is 0 Å². The number of methoxy groups -OCH3 is 1. The highest BCUT2D eigenvalue weighted by Gasteiger charge is 2.11. The Morgan fingerprint density at radius 2 is 2.31 bits per heavy atom. The van der Waals surface area contributed by atoms with Crippen molar-refractivity contribution in [3.63, 3.8) is 0 Å². The zero-order valence-electron chi connectivity index (χ0n) is 7.79. The van der Waals surface area contributed by atoms with Gasteiger partial charge in [0.15, 0.2) is 5.11 Å². The number of rotatable bonds is 5. The van der Waals surface area contributed by atoms with Crippen LogP contribution in [0, 0.1) is 0 Å². The third kappa shape index (κ3) is 6.30. The minimum atomic E-state index is -0.408. The summed E-state index contributed by atoms with van der Waals surface area (Å²) in [5.74, 6) is -0.148. The van der Waals surface area contributed by atoms with Gasteiger partial charge in [0.2, 0.25) is 5.91 Å². The number of hydrogen-bond donors (Lipinski definition) is 3. The Hall–Kier alpha value is -0.880. The van der Waals surface area contributed by atoms with Gasteiger partial charge in [0.25, 0.3) is 0 Å². The monoisotopic (exact) mass is 205 g/mol. The number of amides is 1. The second-order valence-corrected chi connectivity index (χ2v) is 2.95. The van der Waals surface area contributed by atoms with E-state index in [0.29, 0.717) is 13.2 Å². The molecule has 1 atom stereocenters. The van der Waals surface area contributed by atoms with Crippen LogP contribution in [0.4, 0.5) is 0 Å². The third-order valence-corrected chi connectivity index (χ3v) is 1.48. The van der Waals surface area contributed by atoms with Crippen molar-refractivity contribution in [2.45, 2.75) is 13.0 Å². The van der Waals surface area contributed by atoms with Crippen LogP contribution in [0.2, 0.25) is 0 Å². The van der Waals surface area contributed by atoms with E-state index < -0.39 is 6.04 Å². The molecule has 0 bridgehead atoms. The maximum atomic E-state index is 11.2. The summed E-state index contributed by atoms with van der Waals surface area (Å²) in [6, 6.07) is -0.408. The van der Waals surface area contributed by atoms with Gasteiger partial charge in [-0.3, -0.25) is 4.79 Å². The first-order chi connectivity index (χ1) is 6.07. The highest BCUT2D eigenvalue weighted by molar-refractivity contribution is 7.80. The highest BCUT2D eigenvalue weighted by atomic mass is 32.1. The minimum Gasteiger partial charge on any atom is -0.383 e. The summed E-state index contributed by atoms with van der Waals surface area (Å²) < 4.78 is 4.77. The van der Waals surface area contributed by atoms with Gasteiger partial charge in [0.05, 0.1) is 6.61 Å². The predicted molar refractivity (Wildman–Crippen MR) is 54.3 cm³/mol. The fourth-order valence-corrected chi connectivity index (χ4v) is 0.885. The SMILES string of the molecule is COCCNC(=O)C(C)NC(N)=S. The molecule has 13 heavy (non-hydrogen) atoms. The number of nitrogens with one attached hydrogen (secondary N) is 2. The number of thiocarbonyl (C=S) groups is 1. The summed E-state index contributed by atoms with van der Waals surface area (Å²) in [5.41, 5.74) is 5.20. The van der Waals surface area contributed by atoms with Gasteiger partial charge in [0.1, 0.15) is 6.04 Å². The number of ether oxygens (including phenoxy) is 1. The lowest BCUT2D eigenvalue weighted by molar-refractivity contribution is -0.122. The van der Waals surface area contributed by atoms with Crippen LogP contribution >= 0.6 is 12.2 Å². The predicted octanol–water partition coefficient (Wildman–Crippen LogP) is -1.03. The Morgan fingerprint density at radius 1 is 1.69 bits per heavy atom. The molecule has 0 radical (unpaired) electrons. The Morgan fingerprint density at radius 3 is 2.77 bits per heavy atom. The molecule has 4 N–H and O–H groups in total. The molecule has 0 saturated heterocycles. The van der Waals surface area contributed by atoms with Crippen molar-refractivity contribution in [1.82, 2.24) is 10.6 Å². The first-order valence-corrected chi connectivity index (χ1v) is 4.31. The smallest absolute Gasteiger partial charge is 0.242 e. The van der Waals surface area contributed by atoms with Gasteiger partial charge in [-0.25, -0.2) is 0 Å². The van der Waals surface area contributed by atoms with E-state index in [1.165, 1.54) is 0 Å². The molecule has 0 saturated carbocycles. The van der Waals surface area contributed by atoms with Crippen molar-refractivity contribution in [2.75, 3.05) is 20.3 Å². The first kappa shape index (κ1) is 12.1. The first-order valence-electron chi connectivity index (χ1n) is 3.90. The molecule has 0 aromatic carbocycles. The lowest BCUT2D eigenvalue weighted by atomic mass is 10.3. The summed E-state index contributed by atoms with van der Waals surface area (Å²) in [5, 5.41) is 5.39. The van der Waals surface area contributed by atoms with Gasteiger partial charge in [-0.1, -0.05) is 0 Å². The lowest BCUT2D eigenvalue weighted by Crippen LogP contribution is -2.47. The Labute approximate surface area is 83.0 Å². The van der Waals surface area contributed by atoms with Crippen LogP contribution in [0.15, 0.2) is 0 Å². The van der Waals surface area contributed by atoms with Crippen LogP contribution < -0.4 is 16.4 Å². The fourth-order valence-electron chi connectivity index (χ4n) is 0.708. The lowest BCUT2D eigenvalue weighted by Gasteiger charge is -2.13. The number of carbonyl (C=O) groups excluding carboxylic acids is 1. The molecule has 0 aliphatic carbocycles. The Bertz CT molecular complexity index is 187. The molecule has 1 amide bonds. The van der Waals surface area contributed by atoms with E-state index in [1.54, 1.807) is 14.0 Å². The number of carbonyl (C=O) groups is 1. The van der Waals surface area contributed by atoms with Gasteiger partial charge in [-0.2, -0.15) is 0 Å². The molecule has 0 aliphatic rings. The van der Waals surface area contributed by atoms with Crippen LogP contribution in [-0.2, 0) is 9.53 Å². The molecule has 0 heterocycles. The highest BCUT2D eigenvalue weighted by Crippen LogP contribution is 1.80. The van der Waals surface area contributed by atoms with E-state index in [-0.39, 0.29) is 11.0 Å². The van der Waals surface area contributed by atoms with Crippen LogP contribution in [0.1, 0.15) is 6.92 Å². The largest absolute Gasteiger partial charge is 0.383 e. The molecular formula is C7H15N3O2S. The van der Waals surface area contributed by atoms with Crippen LogP contribution in [-0.4, -0.2) is 37.3 Å². The Kier molecular flexibility index (Phi) is 6.17. The summed E-state index contributed by atoms with van der Waals surface area (Å²) in [4.78, 5) is 11.2. The van der Waals surface area contributed by atoms with Gasteiger partial charge in [-0.15, -0.1) is 0 Å². The van der Waals surface area contributed by atoms with Crippen molar-refractivity contribution in [3.8, 4) is 0 Å². The van der Waals surface area contributed by atoms with Crippen LogP contribution in [0.3, 0.4) is 0 Å². The fraction of sp³-hybridized carbons (Fsp3) is 0.714. The molecule has 0 aliphatic heterocycles. The van der Waals surface area contributed by atoms with Crippen LogP contribution in [0.25, 0.3) is 0 Å². The normalized spacial score (nSPS) is 11.8.